The van der Waals surface area contributed by atoms with Crippen molar-refractivity contribution in [1.29, 1.82) is 0 Å². The highest BCUT2D eigenvalue weighted by Gasteiger charge is 2.38. The summed E-state index contributed by atoms with van der Waals surface area (Å²) in [7, 11) is 4.44. The summed E-state index contributed by atoms with van der Waals surface area (Å²) in [6.45, 7) is 3.37. The van der Waals surface area contributed by atoms with Gasteiger partial charge in [-0.05, 0) is 57.8 Å². The van der Waals surface area contributed by atoms with Gasteiger partial charge in [-0.15, -0.1) is 0 Å². The number of aliphatic hydroxyl groups is 2. The van der Waals surface area contributed by atoms with E-state index in [1.807, 2.05) is 13.0 Å². The topological polar surface area (TPSA) is 164 Å². The van der Waals surface area contributed by atoms with Crippen LogP contribution in [0.15, 0.2) is 27.3 Å². The zero-order valence-electron chi connectivity index (χ0n) is 28.7. The van der Waals surface area contributed by atoms with Crippen LogP contribution in [0.2, 0.25) is 0 Å². The van der Waals surface area contributed by atoms with Crippen molar-refractivity contribution in [3.05, 3.63) is 49.3 Å². The number of ether oxygens (including phenoxy) is 3. The Balaban J connectivity index is 1.69. The number of hydrogen-bond donors (Lipinski definition) is 5. The van der Waals surface area contributed by atoms with Gasteiger partial charge in [-0.25, -0.2) is 0 Å². The summed E-state index contributed by atoms with van der Waals surface area (Å²) in [6, 6.07) is 2.40. The molecule has 50 heavy (non-hydrogen) atoms. The molecule has 3 aliphatic carbocycles. The minimum absolute atomic E-state index is 0.0621. The first kappa shape index (κ1) is 32.3. The van der Waals surface area contributed by atoms with E-state index < -0.39 is 23.6 Å². The van der Waals surface area contributed by atoms with Crippen LogP contribution in [-0.4, -0.2) is 66.7 Å². The number of anilines is 2. The number of phenolic OH excluding ortho intramolecular Hbond substituents is 1. The monoisotopic (exact) mass is 680 g/mol. The molecule has 0 heterocycles. The molecular formula is C39H40N2O9. The molecule has 5 aromatic rings. The SMILES string of the molecule is COc1c(NC2CCC(O)C2)c2c(=O)cc(OC)c3c4c(OC)cc(=O)c5c(O)c(NC6CCC(O)C6)c6c(c(c1C(C(C)=O)C(C)=C6)c23)c54. The number of carbonyl (C=O) groups is 1. The zero-order chi connectivity index (χ0) is 35.3. The van der Waals surface area contributed by atoms with Crippen LogP contribution in [0, 0.1) is 0 Å². The van der Waals surface area contributed by atoms with E-state index in [9.17, 15) is 29.7 Å². The highest BCUT2D eigenvalue weighted by molar-refractivity contribution is 6.40. The molecular weight excluding hydrogens is 640 g/mol. The van der Waals surface area contributed by atoms with Crippen LogP contribution in [-0.2, 0) is 4.79 Å². The number of nitrogens with one attached hydrogen (secondary N) is 2. The zero-order valence-corrected chi connectivity index (χ0v) is 28.7. The molecule has 8 rings (SSSR count). The van der Waals surface area contributed by atoms with Gasteiger partial charge in [0, 0.05) is 62.3 Å². The normalized spacial score (nSPS) is 23.3. The number of rotatable bonds is 8. The third-order valence-corrected chi connectivity index (χ3v) is 11.2. The summed E-state index contributed by atoms with van der Waals surface area (Å²) < 4.78 is 18.0. The first-order valence-corrected chi connectivity index (χ1v) is 17.1. The van der Waals surface area contributed by atoms with Gasteiger partial charge in [0.25, 0.3) is 0 Å². The van der Waals surface area contributed by atoms with Gasteiger partial charge in [0.2, 0.25) is 0 Å². The van der Waals surface area contributed by atoms with Gasteiger partial charge in [0.15, 0.2) is 16.6 Å². The summed E-state index contributed by atoms with van der Waals surface area (Å²) in [5, 5.41) is 43.3. The molecule has 260 valence electrons. The van der Waals surface area contributed by atoms with Gasteiger partial charge in [0.05, 0.1) is 61.6 Å². The molecule has 11 nitrogen and oxygen atoms in total. The predicted molar refractivity (Wildman–Crippen MR) is 194 cm³/mol. The highest BCUT2D eigenvalue weighted by atomic mass is 16.5. The van der Waals surface area contributed by atoms with Crippen LogP contribution in [0.1, 0.15) is 69.4 Å². The average Bonchev–Trinajstić information content (AvgIpc) is 3.65. The van der Waals surface area contributed by atoms with Crippen LogP contribution in [0.3, 0.4) is 0 Å². The van der Waals surface area contributed by atoms with Crippen molar-refractivity contribution in [2.45, 2.75) is 82.6 Å². The fourth-order valence-corrected chi connectivity index (χ4v) is 9.16. The Morgan fingerprint density at radius 2 is 1.26 bits per heavy atom. The largest absolute Gasteiger partial charge is 0.505 e. The number of allylic oxidation sites excluding steroid dienone is 1. The quantitative estimate of drug-likeness (QED) is 0.0814. The Labute approximate surface area is 287 Å². The smallest absolute Gasteiger partial charge is 0.194 e. The van der Waals surface area contributed by atoms with Crippen molar-refractivity contribution in [2.24, 2.45) is 0 Å². The van der Waals surface area contributed by atoms with Crippen molar-refractivity contribution in [3.8, 4) is 23.0 Å². The molecule has 0 radical (unpaired) electrons. The molecule has 0 aromatic heterocycles. The second-order valence-corrected chi connectivity index (χ2v) is 14.2. The predicted octanol–water partition coefficient (Wildman–Crippen LogP) is 5.37. The minimum atomic E-state index is -0.821. The lowest BCUT2D eigenvalue weighted by Crippen LogP contribution is -2.21. The third kappa shape index (κ3) is 4.45. The third-order valence-electron chi connectivity index (χ3n) is 11.2. The maximum absolute atomic E-state index is 14.4. The lowest BCUT2D eigenvalue weighted by Gasteiger charge is -2.28. The summed E-state index contributed by atoms with van der Waals surface area (Å²) in [5.74, 6) is -0.414. The number of hydrogen-bond acceptors (Lipinski definition) is 11. The first-order chi connectivity index (χ1) is 24.0. The van der Waals surface area contributed by atoms with Gasteiger partial charge in [-0.1, -0.05) is 11.6 Å². The maximum atomic E-state index is 14.4. The number of aromatic hydroxyl groups is 1. The summed E-state index contributed by atoms with van der Waals surface area (Å²) in [6.07, 6.45) is 4.36. The fraction of sp³-hybridized carbons (Fsp3) is 0.410. The van der Waals surface area contributed by atoms with Gasteiger partial charge >= 0.3 is 0 Å². The van der Waals surface area contributed by atoms with E-state index in [2.05, 4.69) is 10.6 Å². The van der Waals surface area contributed by atoms with Crippen LogP contribution < -0.4 is 35.7 Å². The molecule has 0 amide bonds. The second kappa shape index (κ2) is 11.6. The molecule has 11 heteroatoms. The van der Waals surface area contributed by atoms with Crippen molar-refractivity contribution in [3.63, 3.8) is 0 Å². The Bertz CT molecular complexity index is 2400. The maximum Gasteiger partial charge on any atom is 0.194 e. The number of ketones is 1. The molecule has 2 saturated carbocycles. The molecule has 5 atom stereocenters. The average molecular weight is 681 g/mol. The van der Waals surface area contributed by atoms with E-state index in [4.69, 9.17) is 14.2 Å². The van der Waals surface area contributed by atoms with Crippen molar-refractivity contribution < 1.29 is 34.3 Å². The number of aliphatic hydroxyl groups excluding tert-OH is 2. The Morgan fingerprint density at radius 1 is 0.720 bits per heavy atom. The van der Waals surface area contributed by atoms with Crippen LogP contribution in [0.25, 0.3) is 49.2 Å². The molecule has 0 aliphatic heterocycles. The van der Waals surface area contributed by atoms with Crippen LogP contribution in [0.4, 0.5) is 11.4 Å². The van der Waals surface area contributed by atoms with Crippen LogP contribution in [0.5, 0.6) is 23.0 Å². The number of fused-ring (bicyclic) bond motifs is 1. The molecule has 0 spiro atoms. The summed E-state index contributed by atoms with van der Waals surface area (Å²) >= 11 is 0. The number of Topliss-reactive ketones (excluding diaryl/α,β-unsaturated/α-hetero) is 1. The molecule has 5 N–H and O–H groups in total. The fourth-order valence-electron chi connectivity index (χ4n) is 9.16. The number of phenols is 1. The van der Waals surface area contributed by atoms with Gasteiger partial charge in [-0.3, -0.25) is 14.4 Å². The summed E-state index contributed by atoms with van der Waals surface area (Å²) in [5.41, 5.74) is 1.70. The molecule has 3 aliphatic rings. The van der Waals surface area contributed by atoms with E-state index in [1.54, 1.807) is 0 Å². The lowest BCUT2D eigenvalue weighted by molar-refractivity contribution is -0.117. The number of methoxy groups -OCH3 is 3. The lowest BCUT2D eigenvalue weighted by atomic mass is 9.80. The van der Waals surface area contributed by atoms with Crippen molar-refractivity contribution >= 4 is 66.3 Å². The van der Waals surface area contributed by atoms with E-state index >= 15 is 0 Å². The Morgan fingerprint density at radius 3 is 1.76 bits per heavy atom. The number of carbonyl (C=O) groups excluding carboxylic acids is 1. The first-order valence-electron chi connectivity index (χ1n) is 17.1. The summed E-state index contributed by atoms with van der Waals surface area (Å²) in [4.78, 5) is 42.3. The van der Waals surface area contributed by atoms with Crippen LogP contribution >= 0.6 is 0 Å². The standard InChI is InChI=1S/C39H40N2O9/c1-15-10-21-27-32-29(38(47)36(21)40-17-6-8-19(43)11-17)23(46)14-25(49-4)30(32)31-24(48-3)13-22(45)28-34(31)33(27)35(26(15)16(2)42)39(50-5)37(28)41-18-7-9-20(44)12-18/h10,13-14,17-20,26,40-41,43-44,47H,6-9,11-12H2,1-5H3. The minimum Gasteiger partial charge on any atom is -0.505 e. The molecule has 0 saturated heterocycles. The van der Waals surface area contributed by atoms with E-state index in [0.29, 0.717) is 110 Å². The number of benzene rings is 5. The molecule has 5 unspecified atom stereocenters. The van der Waals surface area contributed by atoms with Gasteiger partial charge in [-0.2, -0.15) is 0 Å². The van der Waals surface area contributed by atoms with E-state index in [1.165, 1.54) is 40.4 Å². The highest BCUT2D eigenvalue weighted by Crippen LogP contribution is 2.58. The Kier molecular flexibility index (Phi) is 7.50. The van der Waals surface area contributed by atoms with Crippen molar-refractivity contribution in [1.82, 2.24) is 0 Å². The van der Waals surface area contributed by atoms with Gasteiger partial charge in [0.1, 0.15) is 23.0 Å². The Hall–Kier alpha value is -4.87. The van der Waals surface area contributed by atoms with E-state index in [-0.39, 0.29) is 45.9 Å². The molecule has 2 fully saturated rings. The van der Waals surface area contributed by atoms with Gasteiger partial charge < -0.3 is 40.2 Å². The van der Waals surface area contributed by atoms with Crippen molar-refractivity contribution in [2.75, 3.05) is 32.0 Å². The molecule has 0 bridgehead atoms. The molecule has 5 aromatic carbocycles. The van der Waals surface area contributed by atoms with E-state index in [0.717, 1.165) is 0 Å². The second-order valence-electron chi connectivity index (χ2n) is 14.2.